The van der Waals surface area contributed by atoms with Gasteiger partial charge in [0, 0.05) is 21.3 Å². The van der Waals surface area contributed by atoms with Crippen LogP contribution in [0.15, 0.2) is 47.4 Å². The van der Waals surface area contributed by atoms with Gasteiger partial charge < -0.3 is 10.6 Å². The maximum Gasteiger partial charge on any atom is 0.323 e. The molecule has 0 saturated heterocycles. The van der Waals surface area contributed by atoms with Gasteiger partial charge in [-0.3, -0.25) is 0 Å². The fourth-order valence-electron chi connectivity index (χ4n) is 1.68. The summed E-state index contributed by atoms with van der Waals surface area (Å²) in [6, 6.07) is 12.0. The van der Waals surface area contributed by atoms with Gasteiger partial charge in [0.25, 0.3) is 0 Å². The average Bonchev–Trinajstić information content (AvgIpc) is 2.44. The van der Waals surface area contributed by atoms with Crippen molar-refractivity contribution < 1.29 is 4.79 Å². The van der Waals surface area contributed by atoms with Crippen molar-refractivity contribution in [2.24, 2.45) is 0 Å². The highest BCUT2D eigenvalue weighted by Gasteiger charge is 2.06. The lowest BCUT2D eigenvalue weighted by Crippen LogP contribution is -2.19. The number of benzene rings is 2. The van der Waals surface area contributed by atoms with Gasteiger partial charge in [0.05, 0.1) is 5.02 Å². The lowest BCUT2D eigenvalue weighted by atomic mass is 10.3. The van der Waals surface area contributed by atoms with Crippen LogP contribution in [-0.2, 0) is 0 Å². The summed E-state index contributed by atoms with van der Waals surface area (Å²) in [6.07, 6.45) is 0. The van der Waals surface area contributed by atoms with Crippen molar-refractivity contribution in [2.75, 3.05) is 16.4 Å². The highest BCUT2D eigenvalue weighted by Crippen LogP contribution is 2.29. The van der Waals surface area contributed by atoms with Crippen molar-refractivity contribution >= 4 is 52.4 Å². The first kappa shape index (κ1) is 16.0. The molecule has 2 aromatic carbocycles. The molecule has 0 unspecified atom stereocenters. The number of thioether (sulfide) groups is 1. The topological polar surface area (TPSA) is 41.1 Å². The Morgan fingerprint density at radius 3 is 2.29 bits per heavy atom. The highest BCUT2D eigenvalue weighted by molar-refractivity contribution is 7.99. The Morgan fingerprint density at radius 2 is 1.67 bits per heavy atom. The summed E-state index contributed by atoms with van der Waals surface area (Å²) in [6.45, 7) is 2.06. The SMILES string of the molecule is CCSc1ccc(NC(=O)Nc2ccc(Cl)cc2)cc1Cl. The Hall–Kier alpha value is -1.36. The van der Waals surface area contributed by atoms with Crippen LogP contribution >= 0.6 is 35.0 Å². The fourth-order valence-corrected chi connectivity index (χ4v) is 2.82. The predicted octanol–water partition coefficient (Wildman–Crippen LogP) is 5.75. The maximum absolute atomic E-state index is 11.9. The molecule has 110 valence electrons. The van der Waals surface area contributed by atoms with E-state index in [9.17, 15) is 4.79 Å². The van der Waals surface area contributed by atoms with Crippen LogP contribution in [-0.4, -0.2) is 11.8 Å². The number of halogens is 2. The van der Waals surface area contributed by atoms with E-state index >= 15 is 0 Å². The van der Waals surface area contributed by atoms with Gasteiger partial charge in [0.2, 0.25) is 0 Å². The van der Waals surface area contributed by atoms with E-state index in [0.29, 0.717) is 21.4 Å². The fraction of sp³-hybridized carbons (Fsp3) is 0.133. The van der Waals surface area contributed by atoms with E-state index in [1.165, 1.54) is 0 Å². The Labute approximate surface area is 138 Å². The minimum atomic E-state index is -0.329. The van der Waals surface area contributed by atoms with E-state index in [-0.39, 0.29) is 6.03 Å². The smallest absolute Gasteiger partial charge is 0.308 e. The number of anilines is 2. The van der Waals surface area contributed by atoms with Crippen molar-refractivity contribution in [3.8, 4) is 0 Å². The molecule has 0 spiro atoms. The van der Waals surface area contributed by atoms with Crippen LogP contribution in [0.5, 0.6) is 0 Å². The lowest BCUT2D eigenvalue weighted by molar-refractivity contribution is 0.262. The lowest BCUT2D eigenvalue weighted by Gasteiger charge is -2.09. The second kappa shape index (κ2) is 7.59. The number of carbonyl (C=O) groups is 1. The number of rotatable bonds is 4. The van der Waals surface area contributed by atoms with Gasteiger partial charge in [0.15, 0.2) is 0 Å². The van der Waals surface area contributed by atoms with E-state index < -0.39 is 0 Å². The molecule has 0 saturated carbocycles. The zero-order valence-electron chi connectivity index (χ0n) is 11.3. The molecule has 0 heterocycles. The molecule has 0 aromatic heterocycles. The highest BCUT2D eigenvalue weighted by atomic mass is 35.5. The molecule has 2 amide bonds. The largest absolute Gasteiger partial charge is 0.323 e. The third-order valence-electron chi connectivity index (χ3n) is 2.59. The third-order valence-corrected chi connectivity index (χ3v) is 4.22. The van der Waals surface area contributed by atoms with Gasteiger partial charge in [-0.25, -0.2) is 4.79 Å². The molecule has 0 aliphatic heterocycles. The van der Waals surface area contributed by atoms with Crippen LogP contribution in [0.4, 0.5) is 16.2 Å². The van der Waals surface area contributed by atoms with Gasteiger partial charge in [-0.1, -0.05) is 30.1 Å². The molecular weight excluding hydrogens is 327 g/mol. The minimum absolute atomic E-state index is 0.329. The number of hydrogen-bond acceptors (Lipinski definition) is 2. The second-order valence-electron chi connectivity index (χ2n) is 4.16. The Morgan fingerprint density at radius 1 is 1.05 bits per heavy atom. The summed E-state index contributed by atoms with van der Waals surface area (Å²) in [4.78, 5) is 12.9. The van der Waals surface area contributed by atoms with Crippen molar-refractivity contribution in [3.05, 3.63) is 52.5 Å². The standard InChI is InChI=1S/C15H14Cl2N2OS/c1-2-21-14-8-7-12(9-13(14)17)19-15(20)18-11-5-3-10(16)4-6-11/h3-9H,2H2,1H3,(H2,18,19,20). The Bertz CT molecular complexity index is 632. The summed E-state index contributed by atoms with van der Waals surface area (Å²) in [5.74, 6) is 0.948. The van der Waals surface area contributed by atoms with Crippen molar-refractivity contribution in [1.29, 1.82) is 0 Å². The third kappa shape index (κ3) is 4.84. The first-order valence-electron chi connectivity index (χ1n) is 6.34. The predicted molar refractivity (Wildman–Crippen MR) is 91.9 cm³/mol. The number of amides is 2. The molecular formula is C15H14Cl2N2OS. The average molecular weight is 341 g/mol. The zero-order valence-corrected chi connectivity index (χ0v) is 13.6. The quantitative estimate of drug-likeness (QED) is 0.695. The van der Waals surface area contributed by atoms with Crippen molar-refractivity contribution in [2.45, 2.75) is 11.8 Å². The molecule has 3 nitrogen and oxygen atoms in total. The number of carbonyl (C=O) groups excluding carboxylic acids is 1. The normalized spacial score (nSPS) is 10.2. The van der Waals surface area contributed by atoms with Crippen LogP contribution in [0.1, 0.15) is 6.92 Å². The molecule has 0 atom stereocenters. The van der Waals surface area contributed by atoms with Gasteiger partial charge in [0.1, 0.15) is 0 Å². The summed E-state index contributed by atoms with van der Waals surface area (Å²) >= 11 is 13.6. The van der Waals surface area contributed by atoms with E-state index in [1.54, 1.807) is 42.1 Å². The van der Waals surface area contributed by atoms with E-state index in [0.717, 1.165) is 10.6 Å². The summed E-state index contributed by atoms with van der Waals surface area (Å²) in [5, 5.41) is 6.71. The maximum atomic E-state index is 11.9. The molecule has 2 rings (SSSR count). The van der Waals surface area contributed by atoms with Crippen molar-refractivity contribution in [1.82, 2.24) is 0 Å². The minimum Gasteiger partial charge on any atom is -0.308 e. The van der Waals surface area contributed by atoms with E-state index in [4.69, 9.17) is 23.2 Å². The molecule has 0 aliphatic rings. The molecule has 0 aliphatic carbocycles. The van der Waals surface area contributed by atoms with E-state index in [1.807, 2.05) is 12.1 Å². The van der Waals surface area contributed by atoms with Crippen molar-refractivity contribution in [3.63, 3.8) is 0 Å². The molecule has 6 heteroatoms. The first-order valence-corrected chi connectivity index (χ1v) is 8.08. The van der Waals surface area contributed by atoms with E-state index in [2.05, 4.69) is 17.6 Å². The number of nitrogens with one attached hydrogen (secondary N) is 2. The van der Waals surface area contributed by atoms with Gasteiger partial charge >= 0.3 is 6.03 Å². The van der Waals surface area contributed by atoms with Gasteiger partial charge in [-0.2, -0.15) is 0 Å². The second-order valence-corrected chi connectivity index (χ2v) is 6.31. The molecule has 0 fully saturated rings. The molecule has 21 heavy (non-hydrogen) atoms. The summed E-state index contributed by atoms with van der Waals surface area (Å²) in [7, 11) is 0. The van der Waals surface area contributed by atoms with Gasteiger partial charge in [-0.15, -0.1) is 11.8 Å². The first-order chi connectivity index (χ1) is 10.1. The molecule has 2 aromatic rings. The Kier molecular flexibility index (Phi) is 5.79. The van der Waals surface area contributed by atoms with Gasteiger partial charge in [-0.05, 0) is 48.2 Å². The zero-order chi connectivity index (χ0) is 15.2. The number of urea groups is 1. The Balaban J connectivity index is 1.99. The summed E-state index contributed by atoms with van der Waals surface area (Å²) < 4.78 is 0. The molecule has 2 N–H and O–H groups in total. The van der Waals surface area contributed by atoms with Crippen LogP contribution in [0.2, 0.25) is 10.0 Å². The monoisotopic (exact) mass is 340 g/mol. The van der Waals surface area contributed by atoms with Crippen LogP contribution in [0.25, 0.3) is 0 Å². The summed E-state index contributed by atoms with van der Waals surface area (Å²) in [5.41, 5.74) is 1.31. The van der Waals surface area contributed by atoms with Crippen LogP contribution in [0, 0.1) is 0 Å². The number of hydrogen-bond donors (Lipinski definition) is 2. The van der Waals surface area contributed by atoms with Crippen LogP contribution < -0.4 is 10.6 Å². The van der Waals surface area contributed by atoms with Crippen LogP contribution in [0.3, 0.4) is 0 Å². The molecule has 0 radical (unpaired) electrons. The molecule has 0 bridgehead atoms.